The maximum atomic E-state index is 6.67. The van der Waals surface area contributed by atoms with Gasteiger partial charge in [0, 0.05) is 19.3 Å². The van der Waals surface area contributed by atoms with Crippen LogP contribution in [0.15, 0.2) is 54.6 Å². The van der Waals surface area contributed by atoms with E-state index in [0.29, 0.717) is 5.92 Å². The second kappa shape index (κ2) is 5.71. The van der Waals surface area contributed by atoms with Gasteiger partial charge in [-0.15, -0.1) is 0 Å². The molecule has 3 aromatic rings. The van der Waals surface area contributed by atoms with Crippen molar-refractivity contribution >= 4 is 21.5 Å². The minimum atomic E-state index is 0.0819. The molecule has 1 saturated heterocycles. The highest BCUT2D eigenvalue weighted by Gasteiger charge is 2.24. The number of hydrogen-bond donors (Lipinski definition) is 1. The fourth-order valence-corrected chi connectivity index (χ4v) is 3.69. The Bertz CT molecular complexity index is 805. The monoisotopic (exact) mass is 291 g/mol. The Balaban J connectivity index is 1.91. The lowest BCUT2D eigenvalue weighted by Crippen LogP contribution is -2.27. The SMILES string of the molecule is N[C@@H](c1cc2ccccc2c2ccccc12)C1CCOCC1. The molecular weight excluding hydrogens is 270 g/mol. The largest absolute Gasteiger partial charge is 0.381 e. The van der Waals surface area contributed by atoms with E-state index in [4.69, 9.17) is 10.5 Å². The van der Waals surface area contributed by atoms with Crippen LogP contribution in [0.4, 0.5) is 0 Å². The quantitative estimate of drug-likeness (QED) is 0.709. The summed E-state index contributed by atoms with van der Waals surface area (Å²) in [6.45, 7) is 1.67. The van der Waals surface area contributed by atoms with E-state index in [9.17, 15) is 0 Å². The summed E-state index contributed by atoms with van der Waals surface area (Å²) in [6.07, 6.45) is 2.12. The van der Waals surface area contributed by atoms with E-state index in [1.807, 2.05) is 0 Å². The number of nitrogens with two attached hydrogens (primary N) is 1. The van der Waals surface area contributed by atoms with Crippen molar-refractivity contribution in [3.8, 4) is 0 Å². The fraction of sp³-hybridized carbons (Fsp3) is 0.300. The van der Waals surface area contributed by atoms with Gasteiger partial charge in [0.25, 0.3) is 0 Å². The van der Waals surface area contributed by atoms with Gasteiger partial charge < -0.3 is 10.5 Å². The van der Waals surface area contributed by atoms with Gasteiger partial charge in [-0.25, -0.2) is 0 Å². The van der Waals surface area contributed by atoms with Crippen molar-refractivity contribution in [3.05, 3.63) is 60.2 Å². The third kappa shape index (κ3) is 2.29. The molecule has 0 aliphatic carbocycles. The lowest BCUT2D eigenvalue weighted by molar-refractivity contribution is 0.0585. The van der Waals surface area contributed by atoms with Gasteiger partial charge in [0.05, 0.1) is 0 Å². The van der Waals surface area contributed by atoms with Crippen LogP contribution < -0.4 is 5.73 Å². The molecule has 1 aliphatic heterocycles. The smallest absolute Gasteiger partial charge is 0.0469 e. The predicted octanol–water partition coefficient (Wildman–Crippen LogP) is 4.42. The van der Waals surface area contributed by atoms with Crippen LogP contribution in [0.3, 0.4) is 0 Å². The maximum Gasteiger partial charge on any atom is 0.0469 e. The summed E-state index contributed by atoms with van der Waals surface area (Å²) in [5, 5.41) is 5.18. The van der Waals surface area contributed by atoms with Crippen LogP contribution >= 0.6 is 0 Å². The van der Waals surface area contributed by atoms with Gasteiger partial charge >= 0.3 is 0 Å². The summed E-state index contributed by atoms with van der Waals surface area (Å²) in [5.74, 6) is 0.512. The van der Waals surface area contributed by atoms with Crippen molar-refractivity contribution in [1.82, 2.24) is 0 Å². The number of hydrogen-bond acceptors (Lipinski definition) is 2. The van der Waals surface area contributed by atoms with Crippen molar-refractivity contribution < 1.29 is 4.74 Å². The van der Waals surface area contributed by atoms with Gasteiger partial charge in [-0.05, 0) is 51.9 Å². The lowest BCUT2D eigenvalue weighted by Gasteiger charge is -2.29. The van der Waals surface area contributed by atoms with E-state index in [-0.39, 0.29) is 6.04 Å². The van der Waals surface area contributed by atoms with Crippen molar-refractivity contribution in [2.75, 3.05) is 13.2 Å². The second-order valence-corrected chi connectivity index (χ2v) is 6.21. The van der Waals surface area contributed by atoms with E-state index in [1.165, 1.54) is 27.1 Å². The average Bonchev–Trinajstić information content (AvgIpc) is 2.61. The van der Waals surface area contributed by atoms with Gasteiger partial charge in [-0.1, -0.05) is 48.5 Å². The van der Waals surface area contributed by atoms with Crippen molar-refractivity contribution in [2.24, 2.45) is 11.7 Å². The molecule has 2 N–H and O–H groups in total. The molecule has 4 rings (SSSR count). The highest BCUT2D eigenvalue weighted by Crippen LogP contribution is 2.36. The normalized spacial score (nSPS) is 17.9. The minimum Gasteiger partial charge on any atom is -0.381 e. The van der Waals surface area contributed by atoms with Crippen LogP contribution in [0.25, 0.3) is 21.5 Å². The Morgan fingerprint density at radius 1 is 0.864 bits per heavy atom. The molecule has 0 unspecified atom stereocenters. The predicted molar refractivity (Wildman–Crippen MR) is 91.9 cm³/mol. The molecule has 0 spiro atoms. The molecule has 2 heteroatoms. The lowest BCUT2D eigenvalue weighted by atomic mass is 9.84. The summed E-state index contributed by atoms with van der Waals surface area (Å²) < 4.78 is 5.49. The molecule has 0 saturated carbocycles. The molecule has 0 amide bonds. The fourth-order valence-electron chi connectivity index (χ4n) is 3.69. The molecule has 1 heterocycles. The molecule has 0 aromatic heterocycles. The second-order valence-electron chi connectivity index (χ2n) is 6.21. The highest BCUT2D eigenvalue weighted by atomic mass is 16.5. The standard InChI is InChI=1S/C20H21NO/c21-20(14-9-11-22-12-10-14)19-13-15-5-1-2-6-16(15)17-7-3-4-8-18(17)19/h1-8,13-14,20H,9-12,21H2/t20-/m1/s1. The summed E-state index contributed by atoms with van der Waals surface area (Å²) in [7, 11) is 0. The molecule has 2 nitrogen and oxygen atoms in total. The van der Waals surface area contributed by atoms with E-state index < -0.39 is 0 Å². The Morgan fingerprint density at radius 2 is 1.50 bits per heavy atom. The molecule has 3 aromatic carbocycles. The molecule has 112 valence electrons. The van der Waals surface area contributed by atoms with Crippen LogP contribution in [0.1, 0.15) is 24.4 Å². The summed E-state index contributed by atoms with van der Waals surface area (Å²) in [6, 6.07) is 19.6. The van der Waals surface area contributed by atoms with Gasteiger partial charge in [0.2, 0.25) is 0 Å². The van der Waals surface area contributed by atoms with Crippen LogP contribution in [0.2, 0.25) is 0 Å². The van der Waals surface area contributed by atoms with Gasteiger partial charge in [0.1, 0.15) is 0 Å². The Labute approximate surface area is 130 Å². The number of fused-ring (bicyclic) bond motifs is 3. The van der Waals surface area contributed by atoms with Gasteiger partial charge in [0.15, 0.2) is 0 Å². The first kappa shape index (κ1) is 13.7. The summed E-state index contributed by atoms with van der Waals surface area (Å²) >= 11 is 0. The molecular formula is C20H21NO. The zero-order valence-electron chi connectivity index (χ0n) is 12.7. The van der Waals surface area contributed by atoms with Crippen LogP contribution in [-0.2, 0) is 4.74 Å². The maximum absolute atomic E-state index is 6.67. The third-order valence-electron chi connectivity index (χ3n) is 4.93. The van der Waals surface area contributed by atoms with Crippen LogP contribution in [0.5, 0.6) is 0 Å². The molecule has 1 aliphatic rings. The summed E-state index contributed by atoms with van der Waals surface area (Å²) in [4.78, 5) is 0. The molecule has 1 fully saturated rings. The average molecular weight is 291 g/mol. The Hall–Kier alpha value is -1.90. The zero-order valence-corrected chi connectivity index (χ0v) is 12.7. The highest BCUT2D eigenvalue weighted by molar-refractivity contribution is 6.09. The third-order valence-corrected chi connectivity index (χ3v) is 4.93. The molecule has 1 atom stereocenters. The Morgan fingerprint density at radius 3 is 2.27 bits per heavy atom. The van der Waals surface area contributed by atoms with Gasteiger partial charge in [-0.3, -0.25) is 0 Å². The first-order valence-electron chi connectivity index (χ1n) is 8.08. The minimum absolute atomic E-state index is 0.0819. The van der Waals surface area contributed by atoms with E-state index in [1.54, 1.807) is 0 Å². The summed E-state index contributed by atoms with van der Waals surface area (Å²) in [5.41, 5.74) is 7.95. The van der Waals surface area contributed by atoms with Crippen molar-refractivity contribution in [1.29, 1.82) is 0 Å². The zero-order chi connectivity index (χ0) is 14.9. The molecule has 22 heavy (non-hydrogen) atoms. The van der Waals surface area contributed by atoms with E-state index in [2.05, 4.69) is 54.6 Å². The number of rotatable bonds is 2. The van der Waals surface area contributed by atoms with Crippen LogP contribution in [0, 0.1) is 5.92 Å². The molecule has 0 bridgehead atoms. The van der Waals surface area contributed by atoms with Crippen LogP contribution in [-0.4, -0.2) is 13.2 Å². The first-order valence-corrected chi connectivity index (χ1v) is 8.08. The first-order chi connectivity index (χ1) is 10.8. The van der Waals surface area contributed by atoms with Crippen molar-refractivity contribution in [3.63, 3.8) is 0 Å². The number of ether oxygens (including phenoxy) is 1. The van der Waals surface area contributed by atoms with Crippen molar-refractivity contribution in [2.45, 2.75) is 18.9 Å². The number of benzene rings is 3. The Kier molecular flexibility index (Phi) is 3.57. The van der Waals surface area contributed by atoms with Gasteiger partial charge in [-0.2, -0.15) is 0 Å². The topological polar surface area (TPSA) is 35.2 Å². The van der Waals surface area contributed by atoms with E-state index >= 15 is 0 Å². The van der Waals surface area contributed by atoms with E-state index in [0.717, 1.165) is 26.1 Å². The molecule has 0 radical (unpaired) electrons.